The monoisotopic (exact) mass is 380 g/mol. The van der Waals surface area contributed by atoms with Gasteiger partial charge in [0.25, 0.3) is 5.88 Å². The van der Waals surface area contributed by atoms with Gasteiger partial charge >= 0.3 is 0 Å². The first-order valence-electron chi connectivity index (χ1n) is 9.39. The Morgan fingerprint density at radius 3 is 2.61 bits per heavy atom. The van der Waals surface area contributed by atoms with E-state index < -0.39 is 10.8 Å². The third kappa shape index (κ3) is 2.41. The molecule has 146 valence electrons. The molecule has 2 aliphatic carbocycles. The third-order valence-electron chi connectivity index (χ3n) is 6.40. The number of Topliss-reactive ketones (excluding diaryl/α,β-unsaturated/α-hetero) is 1. The molecule has 1 aromatic carbocycles. The smallest absolute Gasteiger partial charge is 0.265 e. The Morgan fingerprint density at radius 1 is 1.21 bits per heavy atom. The number of ether oxygens (including phenoxy) is 1. The van der Waals surface area contributed by atoms with Gasteiger partial charge in [-0.3, -0.25) is 14.5 Å². The van der Waals surface area contributed by atoms with Crippen molar-refractivity contribution >= 4 is 11.6 Å². The van der Waals surface area contributed by atoms with E-state index in [1.165, 1.54) is 6.08 Å². The molecule has 0 N–H and O–H groups in total. The molecule has 6 nitrogen and oxygen atoms in total. The molecule has 0 aliphatic heterocycles. The van der Waals surface area contributed by atoms with Crippen molar-refractivity contribution in [1.82, 2.24) is 10.1 Å². The molecule has 4 rings (SSSR count). The maximum atomic E-state index is 13.6. The molecule has 0 saturated carbocycles. The average molecular weight is 380 g/mol. The van der Waals surface area contributed by atoms with Gasteiger partial charge in [-0.05, 0) is 44.2 Å². The lowest BCUT2D eigenvalue weighted by Gasteiger charge is -2.53. The van der Waals surface area contributed by atoms with Crippen LogP contribution in [-0.4, -0.2) is 35.7 Å². The first-order chi connectivity index (χ1) is 13.3. The van der Waals surface area contributed by atoms with Gasteiger partial charge in [-0.2, -0.15) is 0 Å². The molecule has 2 aliphatic rings. The quantitative estimate of drug-likeness (QED) is 0.755. The maximum Gasteiger partial charge on any atom is 0.265 e. The van der Waals surface area contributed by atoms with Crippen LogP contribution in [0.4, 0.5) is 0 Å². The van der Waals surface area contributed by atoms with Gasteiger partial charge in [0, 0.05) is 5.41 Å². The topological polar surface area (TPSA) is 72.6 Å². The van der Waals surface area contributed by atoms with E-state index >= 15 is 0 Å². The van der Waals surface area contributed by atoms with Crippen LogP contribution in [0.1, 0.15) is 48.0 Å². The molecular weight excluding hydrogens is 356 g/mol. The van der Waals surface area contributed by atoms with Crippen molar-refractivity contribution in [3.8, 4) is 5.88 Å². The van der Waals surface area contributed by atoms with E-state index in [1.807, 2.05) is 62.3 Å². The van der Waals surface area contributed by atoms with Crippen molar-refractivity contribution in [2.75, 3.05) is 14.1 Å². The summed E-state index contributed by atoms with van der Waals surface area (Å²) in [5.74, 6) is 0.170. The van der Waals surface area contributed by atoms with Gasteiger partial charge in [0.2, 0.25) is 0 Å². The number of benzene rings is 1. The third-order valence-corrected chi connectivity index (χ3v) is 6.40. The summed E-state index contributed by atoms with van der Waals surface area (Å²) in [6.45, 7) is 3.99. The lowest BCUT2D eigenvalue weighted by Crippen LogP contribution is -2.58. The summed E-state index contributed by atoms with van der Waals surface area (Å²) in [5.41, 5.74) is -0.583. The summed E-state index contributed by atoms with van der Waals surface area (Å²) in [6.07, 6.45) is 3.97. The minimum absolute atomic E-state index is 0.154. The number of carbonyl (C=O) groups excluding carboxylic acids is 2. The van der Waals surface area contributed by atoms with Gasteiger partial charge in [0.05, 0.1) is 6.04 Å². The number of allylic oxidation sites excluding steroid dienone is 2. The minimum Gasteiger partial charge on any atom is -0.470 e. The van der Waals surface area contributed by atoms with Crippen LogP contribution in [0, 0.1) is 10.8 Å². The average Bonchev–Trinajstić information content (AvgIpc) is 3.07. The van der Waals surface area contributed by atoms with Crippen molar-refractivity contribution in [3.63, 3.8) is 0 Å². The highest BCUT2D eigenvalue weighted by molar-refractivity contribution is 6.20. The standard InChI is InChI=1S/C22H24N2O4/c1-21-12-8-11-15(25)22(21,2)19(26)16-17(18(21)24(3)4)28-23-20(16)27-13-14-9-6-5-7-10-14/h5-11,18H,12-13H2,1-4H3/t18-,21+,22-/m1/s1. The van der Waals surface area contributed by atoms with Gasteiger partial charge < -0.3 is 9.26 Å². The van der Waals surface area contributed by atoms with Crippen LogP contribution < -0.4 is 4.74 Å². The Morgan fingerprint density at radius 2 is 1.93 bits per heavy atom. The van der Waals surface area contributed by atoms with Crippen molar-refractivity contribution in [1.29, 1.82) is 0 Å². The number of ketones is 2. The second-order valence-corrected chi connectivity index (χ2v) is 8.21. The molecule has 1 heterocycles. The molecule has 0 amide bonds. The molecule has 6 heteroatoms. The van der Waals surface area contributed by atoms with E-state index in [9.17, 15) is 9.59 Å². The lowest BCUT2D eigenvalue weighted by atomic mass is 9.50. The van der Waals surface area contributed by atoms with Gasteiger partial charge in [-0.1, -0.05) is 43.3 Å². The Hall–Kier alpha value is -2.73. The van der Waals surface area contributed by atoms with Crippen LogP contribution >= 0.6 is 0 Å². The highest BCUT2D eigenvalue weighted by Crippen LogP contribution is 2.61. The van der Waals surface area contributed by atoms with E-state index in [1.54, 1.807) is 6.92 Å². The van der Waals surface area contributed by atoms with E-state index in [0.29, 0.717) is 17.7 Å². The number of carbonyl (C=O) groups is 2. The Labute approximate surface area is 164 Å². The highest BCUT2D eigenvalue weighted by atomic mass is 16.5. The largest absolute Gasteiger partial charge is 0.470 e. The van der Waals surface area contributed by atoms with Crippen LogP contribution in [0.2, 0.25) is 0 Å². The van der Waals surface area contributed by atoms with Crippen molar-refractivity contribution in [2.45, 2.75) is 32.9 Å². The molecule has 2 aromatic rings. The second-order valence-electron chi connectivity index (χ2n) is 8.21. The molecule has 0 unspecified atom stereocenters. The van der Waals surface area contributed by atoms with E-state index in [4.69, 9.17) is 9.26 Å². The molecule has 0 saturated heterocycles. The van der Waals surface area contributed by atoms with Gasteiger partial charge in [-0.15, -0.1) is 0 Å². The summed E-state index contributed by atoms with van der Waals surface area (Å²) >= 11 is 0. The van der Waals surface area contributed by atoms with E-state index in [-0.39, 0.29) is 30.1 Å². The van der Waals surface area contributed by atoms with Crippen molar-refractivity contribution in [2.24, 2.45) is 10.8 Å². The zero-order chi connectivity index (χ0) is 20.1. The second kappa shape index (κ2) is 6.41. The van der Waals surface area contributed by atoms with Crippen molar-refractivity contribution < 1.29 is 18.8 Å². The zero-order valence-electron chi connectivity index (χ0n) is 16.6. The molecule has 1 aromatic heterocycles. The molecule has 0 radical (unpaired) electrons. The molecule has 0 spiro atoms. The fraction of sp³-hybridized carbons (Fsp3) is 0.409. The van der Waals surface area contributed by atoms with Gasteiger partial charge in [-0.25, -0.2) is 0 Å². The number of rotatable bonds is 4. The summed E-state index contributed by atoms with van der Waals surface area (Å²) in [7, 11) is 3.84. The molecular formula is C22H24N2O4. The van der Waals surface area contributed by atoms with Crippen LogP contribution in [-0.2, 0) is 11.4 Å². The molecule has 0 bridgehead atoms. The fourth-order valence-corrected chi connectivity index (χ4v) is 4.67. The van der Waals surface area contributed by atoms with Crippen LogP contribution in [0.25, 0.3) is 0 Å². The molecule has 0 fully saturated rings. The van der Waals surface area contributed by atoms with Crippen LogP contribution in [0.3, 0.4) is 0 Å². The predicted molar refractivity (Wildman–Crippen MR) is 103 cm³/mol. The summed E-state index contributed by atoms with van der Waals surface area (Å²) < 4.78 is 11.5. The normalized spacial score (nSPS) is 29.0. The number of fused-ring (bicyclic) bond motifs is 2. The summed E-state index contributed by atoms with van der Waals surface area (Å²) in [5, 5.41) is 4.06. The number of nitrogens with zero attached hydrogens (tertiary/aromatic N) is 2. The fourth-order valence-electron chi connectivity index (χ4n) is 4.67. The number of hydrogen-bond donors (Lipinski definition) is 0. The van der Waals surface area contributed by atoms with Crippen LogP contribution in [0.5, 0.6) is 5.88 Å². The Kier molecular flexibility index (Phi) is 4.27. The first-order valence-corrected chi connectivity index (χ1v) is 9.39. The number of aromatic nitrogens is 1. The van der Waals surface area contributed by atoms with E-state index in [0.717, 1.165) is 5.56 Å². The zero-order valence-corrected chi connectivity index (χ0v) is 16.6. The summed E-state index contributed by atoms with van der Waals surface area (Å²) in [6, 6.07) is 9.36. The minimum atomic E-state index is -1.19. The van der Waals surface area contributed by atoms with Crippen LogP contribution in [0.15, 0.2) is 47.0 Å². The molecule has 3 atom stereocenters. The summed E-state index contributed by atoms with van der Waals surface area (Å²) in [4.78, 5) is 28.5. The highest BCUT2D eigenvalue weighted by Gasteiger charge is 2.65. The Bertz CT molecular complexity index is 962. The molecule has 28 heavy (non-hydrogen) atoms. The maximum absolute atomic E-state index is 13.6. The van der Waals surface area contributed by atoms with Crippen molar-refractivity contribution in [3.05, 3.63) is 59.4 Å². The predicted octanol–water partition coefficient (Wildman–Crippen LogP) is 3.59. The lowest BCUT2D eigenvalue weighted by molar-refractivity contribution is -0.132. The van der Waals surface area contributed by atoms with Gasteiger partial charge in [0.15, 0.2) is 17.3 Å². The SMILES string of the molecule is CN(C)[C@@H]1c2onc(OCc3ccccc3)c2C(=O)[C@@]2(C)C(=O)C=CC[C@@]12C. The first kappa shape index (κ1) is 18.6. The number of hydrogen-bond acceptors (Lipinski definition) is 6. The Balaban J connectivity index is 1.80. The van der Waals surface area contributed by atoms with Gasteiger partial charge in [0.1, 0.15) is 17.6 Å². The van der Waals surface area contributed by atoms with E-state index in [2.05, 4.69) is 5.16 Å².